The average Bonchev–Trinajstić information content (AvgIpc) is 2.89. The quantitative estimate of drug-likeness (QED) is 0.307. The normalized spacial score (nSPS) is 10.6. The van der Waals surface area contributed by atoms with Crippen LogP contribution in [0.2, 0.25) is 5.02 Å². The number of benzene rings is 3. The van der Waals surface area contributed by atoms with Gasteiger partial charge in [0.2, 0.25) is 0 Å². The Labute approximate surface area is 214 Å². The van der Waals surface area contributed by atoms with Crippen molar-refractivity contribution in [2.45, 2.75) is 6.92 Å². The topological polar surface area (TPSA) is 107 Å². The fraction of sp³-hybridized carbons (Fsp3) is 0.192. The van der Waals surface area contributed by atoms with Crippen molar-refractivity contribution in [1.29, 1.82) is 0 Å². The Morgan fingerprint density at radius 3 is 2.28 bits per heavy atom. The second kappa shape index (κ2) is 12.5. The molecule has 0 spiro atoms. The number of anilines is 1. The SMILES string of the molecule is COc1ccc(C(=O)N/N=C/c2ccc(OCC(=O)Nc3ccc(C)c(Cl)c3)c(OC)c2)cc1OC. The molecule has 0 aromatic heterocycles. The molecule has 3 aromatic rings. The fourth-order valence-electron chi connectivity index (χ4n) is 3.10. The Hall–Kier alpha value is -4.24. The molecule has 188 valence electrons. The van der Waals surface area contributed by atoms with Crippen LogP contribution in [0, 0.1) is 6.92 Å². The largest absolute Gasteiger partial charge is 0.493 e. The van der Waals surface area contributed by atoms with Gasteiger partial charge in [-0.2, -0.15) is 5.10 Å². The number of methoxy groups -OCH3 is 3. The molecular formula is C26H26ClN3O6. The van der Waals surface area contributed by atoms with Crippen molar-refractivity contribution in [2.24, 2.45) is 5.10 Å². The summed E-state index contributed by atoms with van der Waals surface area (Å²) in [6.45, 7) is 1.65. The van der Waals surface area contributed by atoms with Gasteiger partial charge in [-0.1, -0.05) is 17.7 Å². The molecule has 0 aliphatic rings. The van der Waals surface area contributed by atoms with Gasteiger partial charge in [-0.3, -0.25) is 9.59 Å². The highest BCUT2D eigenvalue weighted by molar-refractivity contribution is 6.31. The highest BCUT2D eigenvalue weighted by Crippen LogP contribution is 2.28. The van der Waals surface area contributed by atoms with Crippen LogP contribution in [0.25, 0.3) is 0 Å². The summed E-state index contributed by atoms with van der Waals surface area (Å²) in [5.74, 6) is 0.965. The number of ether oxygens (including phenoxy) is 4. The van der Waals surface area contributed by atoms with E-state index in [-0.39, 0.29) is 12.5 Å². The molecule has 36 heavy (non-hydrogen) atoms. The summed E-state index contributed by atoms with van der Waals surface area (Å²) in [6.07, 6.45) is 1.46. The molecule has 3 rings (SSSR count). The first-order valence-corrected chi connectivity index (χ1v) is 11.1. The molecule has 2 amide bonds. The minimum absolute atomic E-state index is 0.226. The molecule has 0 atom stereocenters. The molecule has 0 bridgehead atoms. The third kappa shape index (κ3) is 6.89. The van der Waals surface area contributed by atoms with Crippen molar-refractivity contribution in [3.63, 3.8) is 0 Å². The number of nitrogens with one attached hydrogen (secondary N) is 2. The zero-order chi connectivity index (χ0) is 26.1. The second-order valence-corrected chi connectivity index (χ2v) is 7.89. The number of carbonyl (C=O) groups is 2. The van der Waals surface area contributed by atoms with Gasteiger partial charge >= 0.3 is 0 Å². The van der Waals surface area contributed by atoms with Gasteiger partial charge in [0, 0.05) is 16.3 Å². The molecule has 0 radical (unpaired) electrons. The number of nitrogens with zero attached hydrogens (tertiary/aromatic N) is 1. The Morgan fingerprint density at radius 2 is 1.58 bits per heavy atom. The first-order chi connectivity index (χ1) is 17.3. The van der Waals surface area contributed by atoms with Gasteiger partial charge in [-0.05, 0) is 66.6 Å². The summed E-state index contributed by atoms with van der Waals surface area (Å²) in [6, 6.07) is 15.1. The molecule has 10 heteroatoms. The number of hydrogen-bond donors (Lipinski definition) is 2. The predicted octanol–water partition coefficient (Wildman–Crippen LogP) is 4.46. The van der Waals surface area contributed by atoms with Crippen molar-refractivity contribution in [3.05, 3.63) is 76.3 Å². The Bertz CT molecular complexity index is 1280. The van der Waals surface area contributed by atoms with Gasteiger partial charge in [0.25, 0.3) is 11.8 Å². The summed E-state index contributed by atoms with van der Waals surface area (Å²) in [7, 11) is 4.49. The highest BCUT2D eigenvalue weighted by atomic mass is 35.5. The molecule has 2 N–H and O–H groups in total. The first-order valence-electron chi connectivity index (χ1n) is 10.8. The van der Waals surface area contributed by atoms with E-state index in [2.05, 4.69) is 15.8 Å². The van der Waals surface area contributed by atoms with E-state index in [0.29, 0.717) is 44.8 Å². The number of amides is 2. The zero-order valence-corrected chi connectivity index (χ0v) is 21.0. The summed E-state index contributed by atoms with van der Waals surface area (Å²) >= 11 is 6.09. The first kappa shape index (κ1) is 26.4. The van der Waals surface area contributed by atoms with Crippen molar-refractivity contribution in [3.8, 4) is 23.0 Å². The lowest BCUT2D eigenvalue weighted by molar-refractivity contribution is -0.118. The number of rotatable bonds is 10. The Morgan fingerprint density at radius 1 is 0.889 bits per heavy atom. The molecule has 0 saturated carbocycles. The van der Waals surface area contributed by atoms with Crippen molar-refractivity contribution in [1.82, 2.24) is 5.43 Å². The Balaban J connectivity index is 1.58. The van der Waals surface area contributed by atoms with E-state index in [1.807, 2.05) is 13.0 Å². The van der Waals surface area contributed by atoms with E-state index < -0.39 is 5.91 Å². The van der Waals surface area contributed by atoms with Crippen LogP contribution in [0.4, 0.5) is 5.69 Å². The monoisotopic (exact) mass is 511 g/mol. The molecule has 0 unspecified atom stereocenters. The molecular weight excluding hydrogens is 486 g/mol. The highest BCUT2D eigenvalue weighted by Gasteiger charge is 2.11. The number of aryl methyl sites for hydroxylation is 1. The fourth-order valence-corrected chi connectivity index (χ4v) is 3.28. The van der Waals surface area contributed by atoms with Crippen LogP contribution in [0.15, 0.2) is 59.7 Å². The molecule has 3 aromatic carbocycles. The van der Waals surface area contributed by atoms with E-state index >= 15 is 0 Å². The van der Waals surface area contributed by atoms with Crippen LogP contribution >= 0.6 is 11.6 Å². The number of hydrogen-bond acceptors (Lipinski definition) is 7. The number of carbonyl (C=O) groups excluding carboxylic acids is 2. The predicted molar refractivity (Wildman–Crippen MR) is 138 cm³/mol. The zero-order valence-electron chi connectivity index (χ0n) is 20.3. The lowest BCUT2D eigenvalue weighted by atomic mass is 10.2. The summed E-state index contributed by atoms with van der Waals surface area (Å²) in [5, 5.41) is 7.28. The maximum atomic E-state index is 12.4. The van der Waals surface area contributed by atoms with Crippen molar-refractivity contribution in [2.75, 3.05) is 33.3 Å². The molecule has 0 aliphatic heterocycles. The molecule has 0 heterocycles. The number of hydrazone groups is 1. The molecule has 9 nitrogen and oxygen atoms in total. The molecule has 0 saturated heterocycles. The maximum absolute atomic E-state index is 12.4. The second-order valence-electron chi connectivity index (χ2n) is 7.48. The smallest absolute Gasteiger partial charge is 0.271 e. The van der Waals surface area contributed by atoms with E-state index in [4.69, 9.17) is 30.5 Å². The molecule has 0 aliphatic carbocycles. The van der Waals surface area contributed by atoms with E-state index in [1.54, 1.807) is 48.5 Å². The van der Waals surface area contributed by atoms with E-state index in [0.717, 1.165) is 5.56 Å². The standard InChI is InChI=1S/C26H26ClN3O6/c1-16-5-8-19(13-20(16)27)29-25(31)15-36-22-9-6-17(11-23(22)34-3)14-28-30-26(32)18-7-10-21(33-2)24(12-18)35-4/h5-14H,15H2,1-4H3,(H,29,31)(H,30,32)/b28-14+. The van der Waals surface area contributed by atoms with Crippen LogP contribution in [0.3, 0.4) is 0 Å². The van der Waals surface area contributed by atoms with Crippen LogP contribution in [-0.2, 0) is 4.79 Å². The van der Waals surface area contributed by atoms with Crippen molar-refractivity contribution >= 4 is 35.3 Å². The average molecular weight is 512 g/mol. The minimum atomic E-state index is -0.417. The lowest BCUT2D eigenvalue weighted by Crippen LogP contribution is -2.20. The van der Waals surface area contributed by atoms with Crippen LogP contribution in [0.5, 0.6) is 23.0 Å². The van der Waals surface area contributed by atoms with E-state index in [9.17, 15) is 9.59 Å². The van der Waals surface area contributed by atoms with Gasteiger partial charge in [0.05, 0.1) is 27.5 Å². The number of halogens is 1. The third-order valence-electron chi connectivity index (χ3n) is 5.03. The van der Waals surface area contributed by atoms with Crippen LogP contribution < -0.4 is 29.7 Å². The third-order valence-corrected chi connectivity index (χ3v) is 5.43. The van der Waals surface area contributed by atoms with Gasteiger partial charge < -0.3 is 24.3 Å². The van der Waals surface area contributed by atoms with Crippen molar-refractivity contribution < 1.29 is 28.5 Å². The maximum Gasteiger partial charge on any atom is 0.271 e. The van der Waals surface area contributed by atoms with Gasteiger partial charge in [-0.15, -0.1) is 0 Å². The minimum Gasteiger partial charge on any atom is -0.493 e. The summed E-state index contributed by atoms with van der Waals surface area (Å²) in [4.78, 5) is 24.6. The van der Waals surface area contributed by atoms with Gasteiger partial charge in [0.15, 0.2) is 29.6 Å². The van der Waals surface area contributed by atoms with Gasteiger partial charge in [-0.25, -0.2) is 5.43 Å². The summed E-state index contributed by atoms with van der Waals surface area (Å²) in [5.41, 5.74) is 4.95. The van der Waals surface area contributed by atoms with E-state index in [1.165, 1.54) is 27.5 Å². The van der Waals surface area contributed by atoms with Crippen LogP contribution in [-0.4, -0.2) is 46.0 Å². The van der Waals surface area contributed by atoms with Gasteiger partial charge in [0.1, 0.15) is 0 Å². The Kier molecular flexibility index (Phi) is 9.13. The van der Waals surface area contributed by atoms with Crippen LogP contribution in [0.1, 0.15) is 21.5 Å². The lowest BCUT2D eigenvalue weighted by Gasteiger charge is -2.12. The molecule has 0 fully saturated rings. The summed E-state index contributed by atoms with van der Waals surface area (Å²) < 4.78 is 21.3.